The number of aromatic nitrogens is 1. The Morgan fingerprint density at radius 3 is 2.52 bits per heavy atom. The molecule has 3 rings (SSSR count). The smallest absolute Gasteiger partial charge is 0.308 e. The Bertz CT molecular complexity index is 836. The summed E-state index contributed by atoms with van der Waals surface area (Å²) in [5.74, 6) is 0. The topological polar surface area (TPSA) is 54.0 Å². The van der Waals surface area contributed by atoms with E-state index in [1.165, 1.54) is 11.3 Å². The number of nitrogens with zero attached hydrogens (tertiary/aromatic N) is 1. The summed E-state index contributed by atoms with van der Waals surface area (Å²) in [6.07, 6.45) is 0. The van der Waals surface area contributed by atoms with Crippen LogP contribution in [0.1, 0.15) is 0 Å². The maximum atomic E-state index is 11.9. The van der Waals surface area contributed by atoms with E-state index in [2.05, 4.69) is 15.6 Å². The van der Waals surface area contributed by atoms with Crippen LogP contribution in [0.2, 0.25) is 10.0 Å². The van der Waals surface area contributed by atoms with Gasteiger partial charge in [-0.2, -0.15) is 0 Å². The molecule has 0 saturated carbocycles. The van der Waals surface area contributed by atoms with Crippen molar-refractivity contribution in [3.05, 3.63) is 64.0 Å². The number of hydrogen-bond acceptors (Lipinski definition) is 3. The Balaban J connectivity index is 1.69. The van der Waals surface area contributed by atoms with Crippen molar-refractivity contribution in [1.82, 2.24) is 4.98 Å². The molecule has 2 aromatic carbocycles. The summed E-state index contributed by atoms with van der Waals surface area (Å²) < 4.78 is 0. The largest absolute Gasteiger partial charge is 0.325 e. The molecule has 7 heteroatoms. The second-order valence-corrected chi connectivity index (χ2v) is 6.28. The summed E-state index contributed by atoms with van der Waals surface area (Å²) >= 11 is 13.2. The first kappa shape index (κ1) is 15.8. The number of nitrogens with one attached hydrogen (secondary N) is 2. The van der Waals surface area contributed by atoms with E-state index in [1.54, 1.807) is 12.1 Å². The van der Waals surface area contributed by atoms with Crippen molar-refractivity contribution in [2.75, 3.05) is 10.6 Å². The van der Waals surface area contributed by atoms with Crippen molar-refractivity contribution >= 4 is 51.4 Å². The fourth-order valence-electron chi connectivity index (χ4n) is 1.90. The second-order valence-electron chi connectivity index (χ2n) is 4.61. The van der Waals surface area contributed by atoms with E-state index in [9.17, 15) is 4.79 Å². The lowest BCUT2D eigenvalue weighted by Crippen LogP contribution is -2.19. The van der Waals surface area contributed by atoms with E-state index in [0.717, 1.165) is 11.3 Å². The van der Waals surface area contributed by atoms with Gasteiger partial charge in [0.15, 0.2) is 5.13 Å². The molecule has 116 valence electrons. The van der Waals surface area contributed by atoms with Gasteiger partial charge in [-0.15, -0.1) is 11.3 Å². The number of benzene rings is 2. The van der Waals surface area contributed by atoms with Gasteiger partial charge in [-0.1, -0.05) is 47.5 Å². The Kier molecular flexibility index (Phi) is 4.81. The lowest BCUT2D eigenvalue weighted by atomic mass is 10.2. The summed E-state index contributed by atoms with van der Waals surface area (Å²) in [7, 11) is 0. The maximum absolute atomic E-state index is 11.9. The van der Waals surface area contributed by atoms with Gasteiger partial charge in [-0.05, 0) is 24.3 Å². The minimum atomic E-state index is -0.341. The van der Waals surface area contributed by atoms with Crippen molar-refractivity contribution in [1.29, 1.82) is 0 Å². The van der Waals surface area contributed by atoms with Gasteiger partial charge in [-0.25, -0.2) is 9.78 Å². The number of carbonyl (C=O) groups is 1. The van der Waals surface area contributed by atoms with Crippen LogP contribution in [0.4, 0.5) is 15.6 Å². The van der Waals surface area contributed by atoms with Gasteiger partial charge in [0.1, 0.15) is 0 Å². The number of anilines is 2. The molecule has 23 heavy (non-hydrogen) atoms. The molecule has 4 nitrogen and oxygen atoms in total. The predicted octanol–water partition coefficient (Wildman–Crippen LogP) is 5.76. The molecular weight excluding hydrogens is 353 g/mol. The number of urea groups is 1. The second kappa shape index (κ2) is 7.00. The molecule has 2 N–H and O–H groups in total. The van der Waals surface area contributed by atoms with Crippen LogP contribution in [0.15, 0.2) is 53.9 Å². The molecule has 0 aliphatic heterocycles. The van der Waals surface area contributed by atoms with E-state index < -0.39 is 0 Å². The number of carbonyl (C=O) groups excluding carboxylic acids is 1. The number of halogens is 2. The first-order valence-corrected chi connectivity index (χ1v) is 8.29. The van der Waals surface area contributed by atoms with E-state index in [1.807, 2.05) is 41.8 Å². The summed E-state index contributed by atoms with van der Waals surface area (Å²) in [6.45, 7) is 0. The highest BCUT2D eigenvalue weighted by Gasteiger charge is 2.09. The maximum Gasteiger partial charge on any atom is 0.325 e. The van der Waals surface area contributed by atoms with Crippen molar-refractivity contribution in [2.24, 2.45) is 0 Å². The Hall–Kier alpha value is -2.08. The first-order valence-electron chi connectivity index (χ1n) is 6.66. The molecule has 0 aliphatic carbocycles. The van der Waals surface area contributed by atoms with Crippen LogP contribution in [-0.2, 0) is 0 Å². The zero-order valence-electron chi connectivity index (χ0n) is 11.7. The van der Waals surface area contributed by atoms with Crippen LogP contribution < -0.4 is 10.6 Å². The molecule has 0 radical (unpaired) electrons. The highest BCUT2D eigenvalue weighted by molar-refractivity contribution is 7.14. The van der Waals surface area contributed by atoms with Crippen molar-refractivity contribution < 1.29 is 4.79 Å². The number of thiazole rings is 1. The fourth-order valence-corrected chi connectivity index (χ4v) is 2.91. The number of rotatable bonds is 3. The molecule has 0 aliphatic rings. The normalized spacial score (nSPS) is 10.3. The van der Waals surface area contributed by atoms with E-state index in [0.29, 0.717) is 20.9 Å². The van der Waals surface area contributed by atoms with Gasteiger partial charge >= 0.3 is 6.03 Å². The third-order valence-corrected chi connectivity index (χ3v) is 4.47. The number of amides is 2. The molecule has 1 heterocycles. The van der Waals surface area contributed by atoms with Crippen LogP contribution in [0.5, 0.6) is 0 Å². The van der Waals surface area contributed by atoms with E-state index >= 15 is 0 Å². The third kappa shape index (κ3) is 4.01. The van der Waals surface area contributed by atoms with E-state index in [4.69, 9.17) is 23.2 Å². The monoisotopic (exact) mass is 363 g/mol. The summed E-state index contributed by atoms with van der Waals surface area (Å²) in [5.41, 5.74) is 2.28. The molecule has 3 aromatic rings. The first-order chi connectivity index (χ1) is 11.1. The van der Waals surface area contributed by atoms with Gasteiger partial charge in [0.05, 0.1) is 15.7 Å². The minimum absolute atomic E-state index is 0.341. The molecule has 1 aromatic heterocycles. The summed E-state index contributed by atoms with van der Waals surface area (Å²) in [5, 5.41) is 8.74. The molecule has 0 atom stereocenters. The molecule has 2 amide bonds. The lowest BCUT2D eigenvalue weighted by Gasteiger charge is -2.04. The van der Waals surface area contributed by atoms with Crippen LogP contribution in [0.25, 0.3) is 11.3 Å². The van der Waals surface area contributed by atoms with Gasteiger partial charge < -0.3 is 5.32 Å². The van der Waals surface area contributed by atoms with Crippen LogP contribution in [0.3, 0.4) is 0 Å². The Labute approximate surface area is 147 Å². The van der Waals surface area contributed by atoms with Crippen LogP contribution in [-0.4, -0.2) is 11.0 Å². The molecule has 0 fully saturated rings. The molecule has 0 bridgehead atoms. The summed E-state index contributed by atoms with van der Waals surface area (Å²) in [6, 6.07) is 14.1. The number of para-hydroxylation sites is 1. The predicted molar refractivity (Wildman–Crippen MR) is 96.7 cm³/mol. The Morgan fingerprint density at radius 1 is 1.00 bits per heavy atom. The standard InChI is InChI=1S/C16H11Cl2N3OS/c17-12-7-6-10(8-13(12)18)14-9-23-16(20-14)21-15(22)19-11-4-2-1-3-5-11/h1-9H,(H2,19,20,21,22). The van der Waals surface area contributed by atoms with Crippen molar-refractivity contribution in [3.8, 4) is 11.3 Å². The van der Waals surface area contributed by atoms with Crippen molar-refractivity contribution in [3.63, 3.8) is 0 Å². The van der Waals surface area contributed by atoms with E-state index in [-0.39, 0.29) is 6.03 Å². The molecular formula is C16H11Cl2N3OS. The van der Waals surface area contributed by atoms with Crippen LogP contribution in [0, 0.1) is 0 Å². The van der Waals surface area contributed by atoms with Crippen molar-refractivity contribution in [2.45, 2.75) is 0 Å². The molecule has 0 spiro atoms. The lowest BCUT2D eigenvalue weighted by molar-refractivity contribution is 0.262. The third-order valence-electron chi connectivity index (χ3n) is 2.97. The van der Waals surface area contributed by atoms with Gasteiger partial charge in [0.25, 0.3) is 0 Å². The summed E-state index contributed by atoms with van der Waals surface area (Å²) in [4.78, 5) is 16.3. The molecule has 0 saturated heterocycles. The highest BCUT2D eigenvalue weighted by atomic mass is 35.5. The SMILES string of the molecule is O=C(Nc1ccccc1)Nc1nc(-c2ccc(Cl)c(Cl)c2)cs1. The average Bonchev–Trinajstić information content (AvgIpc) is 2.99. The van der Waals surface area contributed by atoms with Gasteiger partial charge in [0.2, 0.25) is 0 Å². The zero-order valence-corrected chi connectivity index (χ0v) is 14.0. The zero-order chi connectivity index (χ0) is 16.2. The van der Waals surface area contributed by atoms with Gasteiger partial charge in [0, 0.05) is 16.6 Å². The number of hydrogen-bond donors (Lipinski definition) is 2. The quantitative estimate of drug-likeness (QED) is 0.621. The minimum Gasteiger partial charge on any atom is -0.308 e. The average molecular weight is 364 g/mol. The highest BCUT2D eigenvalue weighted by Crippen LogP contribution is 2.30. The molecule has 0 unspecified atom stereocenters. The fraction of sp³-hybridized carbons (Fsp3) is 0. The Morgan fingerprint density at radius 2 is 1.78 bits per heavy atom. The van der Waals surface area contributed by atoms with Crippen LogP contribution >= 0.6 is 34.5 Å². The van der Waals surface area contributed by atoms with Gasteiger partial charge in [-0.3, -0.25) is 5.32 Å².